The Morgan fingerprint density at radius 3 is 3.09 bits per heavy atom. The van der Waals surface area contributed by atoms with Crippen molar-refractivity contribution in [3.63, 3.8) is 0 Å². The number of rotatable bonds is 4. The number of ether oxygens (including phenoxy) is 1. The van der Waals surface area contributed by atoms with Crippen LogP contribution < -0.4 is 5.32 Å². The van der Waals surface area contributed by atoms with Crippen molar-refractivity contribution in [3.8, 4) is 0 Å². The van der Waals surface area contributed by atoms with Crippen LogP contribution in [0.2, 0.25) is 0 Å². The van der Waals surface area contributed by atoms with Gasteiger partial charge in [-0.25, -0.2) is 0 Å². The van der Waals surface area contributed by atoms with Crippen LogP contribution in [0.3, 0.4) is 0 Å². The Morgan fingerprint density at radius 2 is 2.36 bits per heavy atom. The molecule has 1 spiro atoms. The number of pyridine rings is 1. The molecule has 2 saturated heterocycles. The van der Waals surface area contributed by atoms with E-state index in [0.717, 1.165) is 32.6 Å². The molecule has 6 nitrogen and oxygen atoms in total. The average molecular weight is 303 g/mol. The fourth-order valence-corrected chi connectivity index (χ4v) is 3.18. The van der Waals surface area contributed by atoms with Crippen LogP contribution in [0.4, 0.5) is 0 Å². The highest BCUT2D eigenvalue weighted by molar-refractivity contribution is 5.93. The second-order valence-electron chi connectivity index (χ2n) is 6.12. The Labute approximate surface area is 129 Å². The van der Waals surface area contributed by atoms with Gasteiger partial charge in [0.2, 0.25) is 5.91 Å². The predicted molar refractivity (Wildman–Crippen MR) is 80.3 cm³/mol. The molecule has 0 unspecified atom stereocenters. The summed E-state index contributed by atoms with van der Waals surface area (Å²) in [6, 6.07) is 3.45. The number of nitrogens with one attached hydrogen (secondary N) is 1. The van der Waals surface area contributed by atoms with Crippen molar-refractivity contribution >= 4 is 11.8 Å². The molecule has 2 fully saturated rings. The third-order valence-corrected chi connectivity index (χ3v) is 4.52. The van der Waals surface area contributed by atoms with Gasteiger partial charge in [-0.15, -0.1) is 0 Å². The molecule has 0 radical (unpaired) electrons. The van der Waals surface area contributed by atoms with Crippen LogP contribution in [-0.2, 0) is 9.53 Å². The third-order valence-electron chi connectivity index (χ3n) is 4.52. The van der Waals surface area contributed by atoms with E-state index in [1.54, 1.807) is 18.3 Å². The highest BCUT2D eigenvalue weighted by Gasteiger charge is 2.41. The second-order valence-corrected chi connectivity index (χ2v) is 6.12. The number of carbonyl (C=O) groups excluding carboxylic acids is 2. The maximum absolute atomic E-state index is 12.0. The Hall–Kier alpha value is -1.95. The fraction of sp³-hybridized carbons (Fsp3) is 0.562. The Balaban J connectivity index is 1.50. The van der Waals surface area contributed by atoms with E-state index in [-0.39, 0.29) is 17.2 Å². The summed E-state index contributed by atoms with van der Waals surface area (Å²) in [4.78, 5) is 29.8. The summed E-state index contributed by atoms with van der Waals surface area (Å²) in [7, 11) is 0. The summed E-state index contributed by atoms with van der Waals surface area (Å²) >= 11 is 0. The lowest BCUT2D eigenvalue weighted by Gasteiger charge is -2.39. The van der Waals surface area contributed by atoms with Crippen LogP contribution in [0.15, 0.2) is 24.5 Å². The average Bonchev–Trinajstić information content (AvgIpc) is 3.00. The summed E-state index contributed by atoms with van der Waals surface area (Å²) in [6.45, 7) is 3.29. The van der Waals surface area contributed by atoms with Crippen LogP contribution in [0.1, 0.15) is 29.6 Å². The Kier molecular flexibility index (Phi) is 4.38. The van der Waals surface area contributed by atoms with Gasteiger partial charge in [-0.05, 0) is 25.0 Å². The van der Waals surface area contributed by atoms with Gasteiger partial charge in [-0.3, -0.25) is 14.6 Å². The van der Waals surface area contributed by atoms with E-state index >= 15 is 0 Å². The molecule has 0 saturated carbocycles. The standard InChI is InChI=1S/C16H21N3O3/c20-14-3-4-16(5-9-22-12-16)11-19(14)8-7-18-15(21)13-2-1-6-17-10-13/h1-2,6,10H,3-5,7-9,11-12H2,(H,18,21)/t16-/m0/s1. The number of amides is 2. The van der Waals surface area contributed by atoms with Crippen LogP contribution in [0, 0.1) is 5.41 Å². The number of piperidine rings is 1. The molecule has 1 aromatic heterocycles. The molecule has 1 aromatic rings. The number of likely N-dealkylation sites (tertiary alicyclic amines) is 1. The molecule has 0 aromatic carbocycles. The number of nitrogens with zero attached hydrogens (tertiary/aromatic N) is 2. The van der Waals surface area contributed by atoms with Gasteiger partial charge in [0.25, 0.3) is 5.91 Å². The zero-order valence-corrected chi connectivity index (χ0v) is 12.6. The quantitative estimate of drug-likeness (QED) is 0.895. The maximum Gasteiger partial charge on any atom is 0.252 e. The maximum atomic E-state index is 12.0. The summed E-state index contributed by atoms with van der Waals surface area (Å²) in [5, 5.41) is 2.84. The summed E-state index contributed by atoms with van der Waals surface area (Å²) in [5.74, 6) is 0.0182. The number of hydrogen-bond acceptors (Lipinski definition) is 4. The Bertz CT molecular complexity index is 541. The van der Waals surface area contributed by atoms with Gasteiger partial charge in [0.05, 0.1) is 12.2 Å². The molecule has 22 heavy (non-hydrogen) atoms. The molecule has 2 aliphatic heterocycles. The Morgan fingerprint density at radius 1 is 1.45 bits per heavy atom. The molecular weight excluding hydrogens is 282 g/mol. The first-order valence-corrected chi connectivity index (χ1v) is 7.72. The van der Waals surface area contributed by atoms with Gasteiger partial charge in [-0.2, -0.15) is 0 Å². The zero-order chi connectivity index (χ0) is 15.4. The first-order valence-electron chi connectivity index (χ1n) is 7.72. The van der Waals surface area contributed by atoms with Crippen molar-refractivity contribution in [2.75, 3.05) is 32.8 Å². The first kappa shape index (κ1) is 15.0. The topological polar surface area (TPSA) is 71.5 Å². The highest BCUT2D eigenvalue weighted by atomic mass is 16.5. The molecule has 0 bridgehead atoms. The molecule has 2 amide bonds. The van der Waals surface area contributed by atoms with E-state index in [2.05, 4.69) is 10.3 Å². The van der Waals surface area contributed by atoms with Gasteiger partial charge in [0, 0.05) is 50.5 Å². The van der Waals surface area contributed by atoms with Crippen LogP contribution >= 0.6 is 0 Å². The lowest BCUT2D eigenvalue weighted by molar-refractivity contribution is -0.137. The molecule has 2 aliphatic rings. The lowest BCUT2D eigenvalue weighted by atomic mass is 9.79. The van der Waals surface area contributed by atoms with Gasteiger partial charge in [-0.1, -0.05) is 0 Å². The van der Waals surface area contributed by atoms with Crippen molar-refractivity contribution < 1.29 is 14.3 Å². The highest BCUT2D eigenvalue weighted by Crippen LogP contribution is 2.37. The second kappa shape index (κ2) is 6.44. The van der Waals surface area contributed by atoms with E-state index in [1.807, 2.05) is 4.90 Å². The van der Waals surface area contributed by atoms with E-state index in [4.69, 9.17) is 4.74 Å². The van der Waals surface area contributed by atoms with Gasteiger partial charge in [0.1, 0.15) is 0 Å². The SMILES string of the molecule is O=C(NCCN1C[C@@]2(CCOC2)CCC1=O)c1cccnc1. The largest absolute Gasteiger partial charge is 0.381 e. The first-order chi connectivity index (χ1) is 10.7. The zero-order valence-electron chi connectivity index (χ0n) is 12.6. The van der Waals surface area contributed by atoms with E-state index in [9.17, 15) is 9.59 Å². The third kappa shape index (κ3) is 3.27. The van der Waals surface area contributed by atoms with Gasteiger partial charge >= 0.3 is 0 Å². The number of aromatic nitrogens is 1. The normalized spacial score (nSPS) is 24.7. The molecular formula is C16H21N3O3. The molecule has 118 valence electrons. The summed E-state index contributed by atoms with van der Waals surface area (Å²) in [5.41, 5.74) is 0.675. The molecule has 3 rings (SSSR count). The summed E-state index contributed by atoms with van der Waals surface area (Å²) < 4.78 is 5.51. The van der Waals surface area contributed by atoms with Crippen LogP contribution in [0.25, 0.3) is 0 Å². The van der Waals surface area contributed by atoms with Crippen LogP contribution in [-0.4, -0.2) is 54.5 Å². The molecule has 1 N–H and O–H groups in total. The van der Waals surface area contributed by atoms with Crippen molar-refractivity contribution in [1.29, 1.82) is 0 Å². The van der Waals surface area contributed by atoms with Crippen molar-refractivity contribution in [3.05, 3.63) is 30.1 Å². The lowest BCUT2D eigenvalue weighted by Crippen LogP contribution is -2.49. The molecule has 6 heteroatoms. The predicted octanol–water partition coefficient (Wildman–Crippen LogP) is 0.840. The molecule has 0 aliphatic carbocycles. The fourth-order valence-electron chi connectivity index (χ4n) is 3.18. The van der Waals surface area contributed by atoms with Crippen LogP contribution in [0.5, 0.6) is 0 Å². The van der Waals surface area contributed by atoms with E-state index < -0.39 is 0 Å². The van der Waals surface area contributed by atoms with Gasteiger partial charge in [0.15, 0.2) is 0 Å². The molecule has 1 atom stereocenters. The smallest absolute Gasteiger partial charge is 0.252 e. The number of carbonyl (C=O) groups is 2. The van der Waals surface area contributed by atoms with E-state index in [0.29, 0.717) is 25.1 Å². The minimum absolute atomic E-state index is 0.140. The summed E-state index contributed by atoms with van der Waals surface area (Å²) in [6.07, 6.45) is 5.70. The molecule has 3 heterocycles. The van der Waals surface area contributed by atoms with E-state index in [1.165, 1.54) is 6.20 Å². The minimum atomic E-state index is -0.156. The monoisotopic (exact) mass is 303 g/mol. The van der Waals surface area contributed by atoms with Gasteiger partial charge < -0.3 is 15.0 Å². The van der Waals surface area contributed by atoms with Crippen molar-refractivity contribution in [1.82, 2.24) is 15.2 Å². The van der Waals surface area contributed by atoms with Crippen molar-refractivity contribution in [2.24, 2.45) is 5.41 Å². The minimum Gasteiger partial charge on any atom is -0.381 e. The number of hydrogen-bond donors (Lipinski definition) is 1. The van der Waals surface area contributed by atoms with Crippen molar-refractivity contribution in [2.45, 2.75) is 19.3 Å².